The van der Waals surface area contributed by atoms with E-state index in [1.165, 1.54) is 38.5 Å². The first kappa shape index (κ1) is 21.9. The number of hydrogen-bond donors (Lipinski definition) is 2. The van der Waals surface area contributed by atoms with Gasteiger partial charge in [-0.3, -0.25) is 9.59 Å². The Morgan fingerprint density at radius 1 is 1.09 bits per heavy atom. The molecule has 7 rings (SSSR count). The fourth-order valence-electron chi connectivity index (χ4n) is 7.84. The van der Waals surface area contributed by atoms with Crippen molar-refractivity contribution in [2.75, 3.05) is 30.3 Å². The minimum absolute atomic E-state index is 0.150. The van der Waals surface area contributed by atoms with E-state index in [1.807, 2.05) is 35.2 Å². The number of benzene rings is 1. The van der Waals surface area contributed by atoms with Gasteiger partial charge in [0.25, 0.3) is 0 Å². The minimum atomic E-state index is 0.150. The number of aromatic nitrogens is 1. The molecule has 1 aromatic carbocycles. The van der Waals surface area contributed by atoms with Gasteiger partial charge in [0, 0.05) is 43.9 Å². The van der Waals surface area contributed by atoms with Crippen molar-refractivity contribution in [3.63, 3.8) is 0 Å². The predicted octanol–water partition coefficient (Wildman–Crippen LogP) is 5.20. The lowest BCUT2D eigenvalue weighted by Crippen LogP contribution is -2.47. The van der Waals surface area contributed by atoms with Crippen molar-refractivity contribution in [3.8, 4) is 0 Å². The average molecular weight is 461 g/mol. The summed E-state index contributed by atoms with van der Waals surface area (Å²) in [6, 6.07) is 9.99. The first-order valence-corrected chi connectivity index (χ1v) is 13.3. The molecule has 0 spiro atoms. The lowest BCUT2D eigenvalue weighted by Gasteiger charge is -2.56. The molecule has 5 aliphatic rings. The van der Waals surface area contributed by atoms with Crippen LogP contribution >= 0.6 is 0 Å². The molecule has 6 heteroatoms. The van der Waals surface area contributed by atoms with Gasteiger partial charge in [0.1, 0.15) is 5.82 Å². The molecule has 180 valence electrons. The Kier molecular flexibility index (Phi) is 5.70. The molecule has 4 bridgehead atoms. The summed E-state index contributed by atoms with van der Waals surface area (Å²) in [5.41, 5.74) is 1.96. The summed E-state index contributed by atoms with van der Waals surface area (Å²) >= 11 is 0. The monoisotopic (exact) mass is 460 g/mol. The third kappa shape index (κ3) is 4.39. The fraction of sp³-hybridized carbons (Fsp3) is 0.607. The van der Waals surface area contributed by atoms with Crippen LogP contribution in [0, 0.1) is 23.2 Å². The van der Waals surface area contributed by atoms with Gasteiger partial charge in [0.05, 0.1) is 11.2 Å². The molecule has 2 aromatic rings. The molecule has 2 N–H and O–H groups in total. The van der Waals surface area contributed by atoms with Crippen molar-refractivity contribution in [1.82, 2.24) is 9.88 Å². The van der Waals surface area contributed by atoms with Crippen molar-refractivity contribution in [3.05, 3.63) is 30.3 Å². The molecule has 34 heavy (non-hydrogen) atoms. The van der Waals surface area contributed by atoms with Gasteiger partial charge in [-0.25, -0.2) is 4.98 Å². The Hall–Kier alpha value is -2.63. The molecule has 2 amide bonds. The summed E-state index contributed by atoms with van der Waals surface area (Å²) in [6.07, 6.45) is 11.1. The van der Waals surface area contributed by atoms with Crippen LogP contribution in [0.1, 0.15) is 64.2 Å². The minimum Gasteiger partial charge on any atom is -0.370 e. The van der Waals surface area contributed by atoms with E-state index in [-0.39, 0.29) is 17.2 Å². The molecular formula is C28H36N4O2. The molecule has 1 saturated heterocycles. The van der Waals surface area contributed by atoms with Gasteiger partial charge in [0.2, 0.25) is 11.8 Å². The van der Waals surface area contributed by atoms with Crippen LogP contribution in [0.4, 0.5) is 11.5 Å². The third-order valence-corrected chi connectivity index (χ3v) is 8.77. The molecule has 0 radical (unpaired) electrons. The van der Waals surface area contributed by atoms with E-state index >= 15 is 0 Å². The number of hydrogen-bond acceptors (Lipinski definition) is 4. The number of fused-ring (bicyclic) bond motifs is 1. The first-order chi connectivity index (χ1) is 16.6. The molecule has 2 heterocycles. The zero-order valence-electron chi connectivity index (χ0n) is 20.0. The Morgan fingerprint density at radius 2 is 1.82 bits per heavy atom. The van der Waals surface area contributed by atoms with Crippen molar-refractivity contribution < 1.29 is 9.59 Å². The van der Waals surface area contributed by atoms with Crippen LogP contribution in [0.5, 0.6) is 0 Å². The normalized spacial score (nSPS) is 29.7. The zero-order chi connectivity index (χ0) is 23.1. The molecule has 1 aromatic heterocycles. The lowest BCUT2D eigenvalue weighted by atomic mass is 9.49. The smallest absolute Gasteiger partial charge is 0.224 e. The lowest BCUT2D eigenvalue weighted by molar-refractivity contribution is -0.127. The van der Waals surface area contributed by atoms with Gasteiger partial charge in [-0.1, -0.05) is 18.2 Å². The highest BCUT2D eigenvalue weighted by atomic mass is 16.2. The molecule has 6 nitrogen and oxygen atoms in total. The van der Waals surface area contributed by atoms with Crippen molar-refractivity contribution >= 4 is 34.2 Å². The molecular weight excluding hydrogens is 424 g/mol. The topological polar surface area (TPSA) is 74.3 Å². The molecule has 4 saturated carbocycles. The van der Waals surface area contributed by atoms with E-state index in [1.54, 1.807) is 0 Å². The maximum Gasteiger partial charge on any atom is 0.224 e. The van der Waals surface area contributed by atoms with Crippen LogP contribution in [0.2, 0.25) is 0 Å². The number of nitrogens with zero attached hydrogens (tertiary/aromatic N) is 2. The van der Waals surface area contributed by atoms with E-state index < -0.39 is 0 Å². The SMILES string of the molecule is O=C(CC12CC3CC(CC(C3)C1)C2)Nc1cc(NCCCN2CCCC2=O)nc2ccccc12. The quantitative estimate of drug-likeness (QED) is 0.531. The predicted molar refractivity (Wildman–Crippen MR) is 135 cm³/mol. The van der Waals surface area contributed by atoms with Gasteiger partial charge < -0.3 is 15.5 Å². The summed E-state index contributed by atoms with van der Waals surface area (Å²) in [4.78, 5) is 31.8. The Labute approximate surface area is 201 Å². The summed E-state index contributed by atoms with van der Waals surface area (Å²) in [5.74, 6) is 3.76. The summed E-state index contributed by atoms with van der Waals surface area (Å²) < 4.78 is 0. The van der Waals surface area contributed by atoms with Crippen molar-refractivity contribution in [1.29, 1.82) is 0 Å². The van der Waals surface area contributed by atoms with Gasteiger partial charge in [0.15, 0.2) is 0 Å². The number of nitrogens with one attached hydrogen (secondary N) is 2. The number of carbonyl (C=O) groups excluding carboxylic acids is 2. The number of rotatable bonds is 8. The Bertz CT molecular complexity index is 1060. The first-order valence-electron chi connectivity index (χ1n) is 13.3. The third-order valence-electron chi connectivity index (χ3n) is 8.77. The second-order valence-electron chi connectivity index (χ2n) is 11.5. The Morgan fingerprint density at radius 3 is 2.53 bits per heavy atom. The van der Waals surface area contributed by atoms with Gasteiger partial charge >= 0.3 is 0 Å². The van der Waals surface area contributed by atoms with Gasteiger partial charge in [-0.05, 0) is 80.6 Å². The largest absolute Gasteiger partial charge is 0.370 e. The van der Waals surface area contributed by atoms with E-state index in [0.717, 1.165) is 72.6 Å². The maximum absolute atomic E-state index is 13.3. The van der Waals surface area contributed by atoms with Gasteiger partial charge in [-0.2, -0.15) is 0 Å². The number of carbonyl (C=O) groups is 2. The fourth-order valence-corrected chi connectivity index (χ4v) is 7.84. The maximum atomic E-state index is 13.3. The van der Waals surface area contributed by atoms with Crippen LogP contribution < -0.4 is 10.6 Å². The molecule has 5 fully saturated rings. The van der Waals surface area contributed by atoms with Crippen LogP contribution in [-0.2, 0) is 9.59 Å². The van der Waals surface area contributed by atoms with Crippen LogP contribution in [0.25, 0.3) is 10.9 Å². The summed E-state index contributed by atoms with van der Waals surface area (Å²) in [6.45, 7) is 2.41. The highest BCUT2D eigenvalue weighted by Gasteiger charge is 2.51. The van der Waals surface area contributed by atoms with Crippen LogP contribution in [0.3, 0.4) is 0 Å². The zero-order valence-corrected chi connectivity index (χ0v) is 20.0. The van der Waals surface area contributed by atoms with Crippen LogP contribution in [-0.4, -0.2) is 41.3 Å². The Balaban J connectivity index is 1.13. The average Bonchev–Trinajstić information content (AvgIpc) is 3.20. The number of anilines is 2. The highest BCUT2D eigenvalue weighted by Crippen LogP contribution is 2.61. The van der Waals surface area contributed by atoms with Crippen molar-refractivity contribution in [2.24, 2.45) is 23.2 Å². The number of amides is 2. The standard InChI is InChI=1S/C28H36N4O2/c33-26(18-28-15-19-11-20(16-28)13-21(12-19)17-28)31-24-14-25(30-23-6-2-1-5-22(23)24)29-8-4-10-32-9-3-7-27(32)34/h1-2,5-6,14,19-21H,3-4,7-13,15-18H2,(H2,29,30,31,33). The highest BCUT2D eigenvalue weighted by molar-refractivity contribution is 6.02. The number of para-hydroxylation sites is 1. The van der Waals surface area contributed by atoms with E-state index in [9.17, 15) is 9.59 Å². The molecule has 0 unspecified atom stereocenters. The van der Waals surface area contributed by atoms with E-state index in [4.69, 9.17) is 4.98 Å². The molecule has 1 aliphatic heterocycles. The van der Waals surface area contributed by atoms with Crippen molar-refractivity contribution in [2.45, 2.75) is 64.2 Å². The molecule has 4 aliphatic carbocycles. The van der Waals surface area contributed by atoms with E-state index in [2.05, 4.69) is 10.6 Å². The summed E-state index contributed by atoms with van der Waals surface area (Å²) in [5, 5.41) is 7.67. The number of likely N-dealkylation sites (tertiary alicyclic amines) is 1. The second kappa shape index (κ2) is 8.86. The van der Waals surface area contributed by atoms with Crippen LogP contribution in [0.15, 0.2) is 30.3 Å². The second-order valence-corrected chi connectivity index (χ2v) is 11.5. The van der Waals surface area contributed by atoms with Gasteiger partial charge in [-0.15, -0.1) is 0 Å². The number of pyridine rings is 1. The summed E-state index contributed by atoms with van der Waals surface area (Å²) in [7, 11) is 0. The molecule has 0 atom stereocenters. The van der Waals surface area contributed by atoms with E-state index in [0.29, 0.717) is 12.8 Å².